The van der Waals surface area contributed by atoms with E-state index in [4.69, 9.17) is 9.47 Å². The number of benzene rings is 1. The molecule has 0 aliphatic carbocycles. The van der Waals surface area contributed by atoms with Gasteiger partial charge in [0, 0.05) is 6.07 Å². The van der Waals surface area contributed by atoms with Crippen LogP contribution in [0.4, 0.5) is 11.5 Å². The van der Waals surface area contributed by atoms with Crippen molar-refractivity contribution < 1.29 is 14.4 Å². The minimum absolute atomic E-state index is 0.0849. The summed E-state index contributed by atoms with van der Waals surface area (Å²) in [6.45, 7) is 3.97. The first-order chi connectivity index (χ1) is 12.0. The lowest BCUT2D eigenvalue weighted by molar-refractivity contribution is -0.385. The van der Waals surface area contributed by atoms with Gasteiger partial charge in [-0.3, -0.25) is 15.5 Å². The average Bonchev–Trinajstić information content (AvgIpc) is 2.61. The number of nitrogens with zero attached hydrogens (tertiary/aromatic N) is 3. The van der Waals surface area contributed by atoms with Crippen LogP contribution in [0.3, 0.4) is 0 Å². The lowest BCUT2D eigenvalue weighted by atomic mass is 10.2. The lowest BCUT2D eigenvalue weighted by Gasteiger charge is -2.12. The molecule has 1 aromatic carbocycles. The minimum Gasteiger partial charge on any atom is -0.493 e. The Hall–Kier alpha value is -2.94. The average molecular weight is 407 g/mol. The van der Waals surface area contributed by atoms with Crippen molar-refractivity contribution in [2.45, 2.75) is 0 Å². The predicted molar refractivity (Wildman–Crippen MR) is 98.5 cm³/mol. The smallest absolute Gasteiger partial charge is 0.287 e. The Kier molecular flexibility index (Phi) is 6.47. The van der Waals surface area contributed by atoms with Gasteiger partial charge in [-0.05, 0) is 39.7 Å². The van der Waals surface area contributed by atoms with Crippen LogP contribution in [-0.2, 0) is 0 Å². The number of hydrazone groups is 1. The molecule has 1 aromatic heterocycles. The molecule has 0 amide bonds. The maximum atomic E-state index is 10.6. The topological polar surface area (TPSA) is 98.9 Å². The van der Waals surface area contributed by atoms with Crippen LogP contribution in [0.25, 0.3) is 0 Å². The number of nitro groups is 1. The summed E-state index contributed by atoms with van der Waals surface area (Å²) < 4.78 is 11.6. The van der Waals surface area contributed by atoms with Gasteiger partial charge in [0.15, 0.2) is 11.5 Å². The molecule has 130 valence electrons. The summed E-state index contributed by atoms with van der Waals surface area (Å²) in [5.41, 5.74) is 3.37. The van der Waals surface area contributed by atoms with Crippen molar-refractivity contribution in [2.24, 2.45) is 5.10 Å². The number of aromatic nitrogens is 1. The van der Waals surface area contributed by atoms with Gasteiger partial charge in [0.25, 0.3) is 5.69 Å². The molecule has 0 saturated heterocycles. The zero-order valence-corrected chi connectivity index (χ0v) is 14.9. The number of anilines is 1. The first-order valence-corrected chi connectivity index (χ1v) is 7.85. The number of hydrogen-bond acceptors (Lipinski definition) is 7. The maximum Gasteiger partial charge on any atom is 0.287 e. The van der Waals surface area contributed by atoms with Gasteiger partial charge in [0.2, 0.25) is 0 Å². The third-order valence-corrected chi connectivity index (χ3v) is 3.54. The zero-order chi connectivity index (χ0) is 18.2. The second-order valence-electron chi connectivity index (χ2n) is 4.66. The number of halogens is 1. The predicted octanol–water partition coefficient (Wildman–Crippen LogP) is 3.77. The summed E-state index contributed by atoms with van der Waals surface area (Å²) in [5, 5.41) is 14.6. The van der Waals surface area contributed by atoms with Crippen molar-refractivity contribution >= 4 is 33.6 Å². The summed E-state index contributed by atoms with van der Waals surface area (Å²) in [6.07, 6.45) is 4.36. The Morgan fingerprint density at radius 2 is 2.28 bits per heavy atom. The van der Waals surface area contributed by atoms with Crippen LogP contribution in [0.5, 0.6) is 11.5 Å². The van der Waals surface area contributed by atoms with Crippen LogP contribution in [0.1, 0.15) is 5.56 Å². The Morgan fingerprint density at radius 3 is 2.88 bits per heavy atom. The standard InChI is InChI=1S/C16H15BrN4O4/c1-3-6-25-16-13(17)7-11(8-14(16)24-2)9-19-20-15-5-4-12(10-18-15)21(22)23/h3-5,7-10H,1,6H2,2H3,(H,18,20)/b19-9-. The Morgan fingerprint density at radius 1 is 1.48 bits per heavy atom. The number of methoxy groups -OCH3 is 1. The van der Waals surface area contributed by atoms with Gasteiger partial charge in [0.05, 0.1) is 22.7 Å². The molecular weight excluding hydrogens is 392 g/mol. The third-order valence-electron chi connectivity index (χ3n) is 2.95. The number of rotatable bonds is 8. The Balaban J connectivity index is 2.11. The maximum absolute atomic E-state index is 10.6. The van der Waals surface area contributed by atoms with E-state index in [0.29, 0.717) is 28.4 Å². The highest BCUT2D eigenvalue weighted by Crippen LogP contribution is 2.36. The summed E-state index contributed by atoms with van der Waals surface area (Å²) >= 11 is 3.43. The van der Waals surface area contributed by atoms with Crippen LogP contribution >= 0.6 is 15.9 Å². The Bertz CT molecular complexity index is 793. The molecule has 0 saturated carbocycles. The Labute approximate surface area is 152 Å². The van der Waals surface area contributed by atoms with Crippen LogP contribution in [0, 0.1) is 10.1 Å². The lowest BCUT2D eigenvalue weighted by Crippen LogP contribution is -1.99. The van der Waals surface area contributed by atoms with E-state index in [-0.39, 0.29) is 5.69 Å². The SMILES string of the molecule is C=CCOc1c(Br)cc(/C=N\Nc2ccc([N+](=O)[O-])cn2)cc1OC. The van der Waals surface area contributed by atoms with Gasteiger partial charge >= 0.3 is 0 Å². The van der Waals surface area contributed by atoms with Crippen LogP contribution in [0.15, 0.2) is 52.7 Å². The van der Waals surface area contributed by atoms with E-state index in [9.17, 15) is 10.1 Å². The minimum atomic E-state index is -0.514. The highest BCUT2D eigenvalue weighted by molar-refractivity contribution is 9.10. The molecule has 2 rings (SSSR count). The van der Waals surface area contributed by atoms with E-state index in [1.54, 1.807) is 25.5 Å². The molecule has 0 aliphatic heterocycles. The van der Waals surface area contributed by atoms with E-state index < -0.39 is 4.92 Å². The quantitative estimate of drug-likeness (QED) is 0.310. The summed E-state index contributed by atoms with van der Waals surface area (Å²) in [5.74, 6) is 1.51. The third kappa shape index (κ3) is 5.01. The normalized spacial score (nSPS) is 10.5. The number of ether oxygens (including phenoxy) is 2. The fourth-order valence-electron chi connectivity index (χ4n) is 1.83. The van der Waals surface area contributed by atoms with Crippen LogP contribution < -0.4 is 14.9 Å². The van der Waals surface area contributed by atoms with Crippen LogP contribution in [0.2, 0.25) is 0 Å². The van der Waals surface area contributed by atoms with E-state index in [1.807, 2.05) is 6.07 Å². The van der Waals surface area contributed by atoms with Gasteiger partial charge in [-0.1, -0.05) is 12.7 Å². The highest BCUT2D eigenvalue weighted by Gasteiger charge is 2.10. The van der Waals surface area contributed by atoms with E-state index in [0.717, 1.165) is 11.8 Å². The molecule has 0 bridgehead atoms. The zero-order valence-electron chi connectivity index (χ0n) is 13.3. The molecule has 1 heterocycles. The molecule has 0 radical (unpaired) electrons. The van der Waals surface area contributed by atoms with Gasteiger partial charge in [-0.15, -0.1) is 0 Å². The van der Waals surface area contributed by atoms with E-state index in [1.165, 1.54) is 12.1 Å². The molecule has 1 N–H and O–H groups in total. The highest BCUT2D eigenvalue weighted by atomic mass is 79.9. The van der Waals surface area contributed by atoms with Gasteiger partial charge in [-0.25, -0.2) is 4.98 Å². The van der Waals surface area contributed by atoms with Crippen molar-refractivity contribution in [2.75, 3.05) is 19.1 Å². The van der Waals surface area contributed by atoms with Crippen molar-refractivity contribution in [1.82, 2.24) is 4.98 Å². The van der Waals surface area contributed by atoms with Crippen molar-refractivity contribution in [3.05, 3.63) is 63.3 Å². The second kappa shape index (κ2) is 8.78. The van der Waals surface area contributed by atoms with Crippen molar-refractivity contribution in [3.8, 4) is 11.5 Å². The van der Waals surface area contributed by atoms with Crippen LogP contribution in [-0.4, -0.2) is 29.8 Å². The summed E-state index contributed by atoms with van der Waals surface area (Å²) in [6, 6.07) is 6.39. The van der Waals surface area contributed by atoms with Crippen molar-refractivity contribution in [1.29, 1.82) is 0 Å². The van der Waals surface area contributed by atoms with E-state index >= 15 is 0 Å². The second-order valence-corrected chi connectivity index (χ2v) is 5.52. The fourth-order valence-corrected chi connectivity index (χ4v) is 2.40. The first kappa shape index (κ1) is 18.4. The molecule has 25 heavy (non-hydrogen) atoms. The molecule has 0 unspecified atom stereocenters. The molecule has 0 aliphatic rings. The summed E-state index contributed by atoms with van der Waals surface area (Å²) in [7, 11) is 1.54. The molecule has 2 aromatic rings. The monoisotopic (exact) mass is 406 g/mol. The largest absolute Gasteiger partial charge is 0.493 e. The molecule has 0 atom stereocenters. The fraction of sp³-hybridized carbons (Fsp3) is 0.125. The number of hydrogen-bond donors (Lipinski definition) is 1. The number of nitrogens with one attached hydrogen (secondary N) is 1. The molecule has 0 spiro atoms. The molecule has 8 nitrogen and oxygen atoms in total. The van der Waals surface area contributed by atoms with Gasteiger partial charge in [-0.2, -0.15) is 5.10 Å². The van der Waals surface area contributed by atoms with Gasteiger partial charge in [0.1, 0.15) is 18.6 Å². The van der Waals surface area contributed by atoms with Gasteiger partial charge < -0.3 is 9.47 Å². The number of pyridine rings is 1. The summed E-state index contributed by atoms with van der Waals surface area (Å²) in [4.78, 5) is 14.0. The van der Waals surface area contributed by atoms with E-state index in [2.05, 4.69) is 38.0 Å². The molecule has 9 heteroatoms. The van der Waals surface area contributed by atoms with Crippen molar-refractivity contribution in [3.63, 3.8) is 0 Å². The molecular formula is C16H15BrN4O4. The molecule has 0 fully saturated rings. The first-order valence-electron chi connectivity index (χ1n) is 7.06.